The number of nitrogens with two attached hydrogens (primary N) is 5. The molecule has 0 radical (unpaired) electrons. The number of imidazole rings is 2. The molecule has 9 amide bonds. The first-order valence-electron chi connectivity index (χ1n) is 30.5. The molecule has 0 bridgehead atoms. The summed E-state index contributed by atoms with van der Waals surface area (Å²) in [5.41, 5.74) is 32.1. The molecule has 0 aliphatic heterocycles. The van der Waals surface area contributed by atoms with E-state index >= 15 is 0 Å². The molecule has 486 valence electrons. The van der Waals surface area contributed by atoms with Crippen LogP contribution in [0.1, 0.15) is 101 Å². The van der Waals surface area contributed by atoms with Crippen LogP contribution in [0.15, 0.2) is 121 Å². The van der Waals surface area contributed by atoms with Crippen molar-refractivity contribution >= 4 is 59.1 Å². The van der Waals surface area contributed by atoms with Crippen molar-refractivity contribution in [3.05, 3.63) is 144 Å². The number of hydrogen-bond acceptors (Lipinski definition) is 14. The van der Waals surface area contributed by atoms with E-state index in [1.807, 2.05) is 37.3 Å². The van der Waals surface area contributed by atoms with Crippen LogP contribution in [0.4, 0.5) is 0 Å². The van der Waals surface area contributed by atoms with Gasteiger partial charge in [-0.3, -0.25) is 48.1 Å². The first-order valence-corrected chi connectivity index (χ1v) is 30.5. The molecular weight excluding hydrogens is 1150 g/mol. The standard InChI is InChI=1S/C63H90N18O9/c1-5-38(3)52(80-55(83)45(65)29-40-19-10-7-11-20-40)61(89)75-46(25-16-17-27-64)57(85)78-50(32-43-34-69-36-72-43)59(87)77-49(31-42-23-14-9-15-24-42)60(88)81-53(39(4)6-2)62(90)79-51(33-44-35-70-37-73-44)58(86)74-47(26-18-28-71-63(67)68)56(84)76-48(54(66)82)30-41-21-12-8-13-22-41/h7-15,19-24,34-39,45-53H,5-6,16-18,25-33,64-65H2,1-4H3,(H2,66,82)(H,69,72)(H,70,73)(H,74,86)(H,75,89)(H,76,84)(H,77,87)(H,78,85)(H,79,90)(H,80,83)(H,81,88)(H4,67,68,71)/t38-,39-,45-,46-,47-,48-,49-,50-,51-,52-,53-/m0/s1. The van der Waals surface area contributed by atoms with Gasteiger partial charge < -0.3 is 81.2 Å². The van der Waals surface area contributed by atoms with E-state index in [0.29, 0.717) is 54.7 Å². The van der Waals surface area contributed by atoms with Gasteiger partial charge in [-0.2, -0.15) is 0 Å². The van der Waals surface area contributed by atoms with Crippen LogP contribution in [0, 0.1) is 11.8 Å². The number of nitrogens with zero attached hydrogens (tertiary/aromatic N) is 3. The largest absolute Gasteiger partial charge is 0.370 e. The van der Waals surface area contributed by atoms with Gasteiger partial charge in [0.05, 0.1) is 18.7 Å². The Hall–Kier alpha value is -9.50. The highest BCUT2D eigenvalue weighted by Gasteiger charge is 2.37. The number of nitrogens with one attached hydrogen (secondary N) is 10. The maximum absolute atomic E-state index is 14.9. The van der Waals surface area contributed by atoms with Crippen LogP contribution >= 0.6 is 0 Å². The smallest absolute Gasteiger partial charge is 0.243 e. The van der Waals surface area contributed by atoms with E-state index in [1.165, 1.54) is 25.0 Å². The Morgan fingerprint density at radius 2 is 0.822 bits per heavy atom. The van der Waals surface area contributed by atoms with Crippen LogP contribution in [0.3, 0.4) is 0 Å². The average molecular weight is 1240 g/mol. The number of guanidine groups is 1. The van der Waals surface area contributed by atoms with Crippen LogP contribution in [0.2, 0.25) is 0 Å². The van der Waals surface area contributed by atoms with Crippen LogP contribution in [-0.4, -0.2) is 147 Å². The summed E-state index contributed by atoms with van der Waals surface area (Å²) in [6, 6.07) is 15.6. The summed E-state index contributed by atoms with van der Waals surface area (Å²) in [4.78, 5) is 146. The lowest BCUT2D eigenvalue weighted by molar-refractivity contribution is -0.136. The highest BCUT2D eigenvalue weighted by Crippen LogP contribution is 2.16. The molecule has 0 spiro atoms. The Labute approximate surface area is 524 Å². The Morgan fingerprint density at radius 3 is 1.24 bits per heavy atom. The average Bonchev–Trinajstić information content (AvgIpc) is 4.43. The van der Waals surface area contributed by atoms with Crippen molar-refractivity contribution in [1.29, 1.82) is 0 Å². The van der Waals surface area contributed by atoms with Gasteiger partial charge in [0.2, 0.25) is 53.2 Å². The zero-order valence-corrected chi connectivity index (χ0v) is 51.6. The van der Waals surface area contributed by atoms with Crippen molar-refractivity contribution in [2.24, 2.45) is 45.5 Å². The number of benzene rings is 3. The molecule has 20 N–H and O–H groups in total. The van der Waals surface area contributed by atoms with Gasteiger partial charge in [0.25, 0.3) is 0 Å². The van der Waals surface area contributed by atoms with Gasteiger partial charge in [-0.05, 0) is 73.6 Å². The molecule has 0 unspecified atom stereocenters. The number of aromatic amines is 2. The van der Waals surface area contributed by atoms with Gasteiger partial charge in [0.15, 0.2) is 5.96 Å². The first-order chi connectivity index (χ1) is 43.2. The zero-order chi connectivity index (χ0) is 65.5. The number of rotatable bonds is 39. The van der Waals surface area contributed by atoms with Crippen molar-refractivity contribution in [3.8, 4) is 0 Å². The van der Waals surface area contributed by atoms with E-state index in [-0.39, 0.29) is 69.8 Å². The fourth-order valence-electron chi connectivity index (χ4n) is 9.81. The summed E-state index contributed by atoms with van der Waals surface area (Å²) in [5.74, 6) is -7.85. The molecule has 5 rings (SSSR count). The second-order valence-electron chi connectivity index (χ2n) is 22.5. The van der Waals surface area contributed by atoms with Crippen molar-refractivity contribution in [1.82, 2.24) is 62.5 Å². The quantitative estimate of drug-likeness (QED) is 0.0135. The third kappa shape index (κ3) is 23.9. The Morgan fingerprint density at radius 1 is 0.456 bits per heavy atom. The minimum atomic E-state index is -1.40. The monoisotopic (exact) mass is 1240 g/mol. The third-order valence-corrected chi connectivity index (χ3v) is 15.5. The Balaban J connectivity index is 1.40. The predicted octanol–water partition coefficient (Wildman–Crippen LogP) is -0.388. The number of carbonyl (C=O) groups excluding carboxylic acids is 9. The van der Waals surface area contributed by atoms with Gasteiger partial charge in [0, 0.05) is 56.0 Å². The molecule has 27 nitrogen and oxygen atoms in total. The molecule has 0 aliphatic carbocycles. The van der Waals surface area contributed by atoms with E-state index in [4.69, 9.17) is 28.7 Å². The summed E-state index contributed by atoms with van der Waals surface area (Å²) in [6.07, 6.45) is 7.61. The molecule has 0 aliphatic rings. The van der Waals surface area contributed by atoms with Gasteiger partial charge in [0.1, 0.15) is 48.3 Å². The minimum Gasteiger partial charge on any atom is -0.370 e. The van der Waals surface area contributed by atoms with E-state index in [9.17, 15) is 43.2 Å². The molecule has 0 saturated heterocycles. The van der Waals surface area contributed by atoms with Crippen LogP contribution in [-0.2, 0) is 75.3 Å². The van der Waals surface area contributed by atoms with E-state index in [0.717, 1.165) is 5.56 Å². The molecule has 3 aromatic carbocycles. The molecule has 11 atom stereocenters. The van der Waals surface area contributed by atoms with E-state index in [2.05, 4.69) is 67.5 Å². The lowest BCUT2D eigenvalue weighted by Crippen LogP contribution is -2.62. The predicted molar refractivity (Wildman–Crippen MR) is 339 cm³/mol. The Kier molecular flexibility index (Phi) is 29.6. The molecule has 2 heterocycles. The summed E-state index contributed by atoms with van der Waals surface area (Å²) in [5, 5.41) is 22.3. The summed E-state index contributed by atoms with van der Waals surface area (Å²) in [7, 11) is 0. The van der Waals surface area contributed by atoms with Crippen LogP contribution in [0.5, 0.6) is 0 Å². The highest BCUT2D eigenvalue weighted by molar-refractivity contribution is 5.98. The number of aliphatic imine (C=N–C) groups is 1. The van der Waals surface area contributed by atoms with Crippen molar-refractivity contribution in [2.45, 2.75) is 159 Å². The molecule has 90 heavy (non-hydrogen) atoms. The number of H-pyrrole nitrogens is 2. The van der Waals surface area contributed by atoms with Crippen LogP contribution in [0.25, 0.3) is 0 Å². The van der Waals surface area contributed by atoms with Gasteiger partial charge in [-0.1, -0.05) is 132 Å². The third-order valence-electron chi connectivity index (χ3n) is 15.5. The molecule has 2 aromatic heterocycles. The number of unbranched alkanes of at least 4 members (excludes halogenated alkanes) is 1. The maximum Gasteiger partial charge on any atom is 0.243 e. The minimum absolute atomic E-state index is 0.0137. The summed E-state index contributed by atoms with van der Waals surface area (Å²) in [6.45, 7) is 7.56. The lowest BCUT2D eigenvalue weighted by atomic mass is 9.96. The molecule has 0 saturated carbocycles. The second kappa shape index (κ2) is 37.4. The van der Waals surface area contributed by atoms with Crippen LogP contribution < -0.4 is 71.2 Å². The fourth-order valence-corrected chi connectivity index (χ4v) is 9.81. The fraction of sp³-hybridized carbons (Fsp3) is 0.460. The van der Waals surface area contributed by atoms with Crippen molar-refractivity contribution in [3.63, 3.8) is 0 Å². The number of hydrogen-bond donors (Lipinski definition) is 15. The van der Waals surface area contributed by atoms with Gasteiger partial charge in [-0.25, -0.2) is 9.97 Å². The van der Waals surface area contributed by atoms with Crippen molar-refractivity contribution < 1.29 is 43.2 Å². The lowest BCUT2D eigenvalue weighted by Gasteiger charge is -2.30. The number of amides is 9. The normalized spacial score (nSPS) is 14.8. The maximum atomic E-state index is 14.9. The topological polar surface area (TPSA) is 450 Å². The van der Waals surface area contributed by atoms with Crippen molar-refractivity contribution in [2.75, 3.05) is 13.1 Å². The summed E-state index contributed by atoms with van der Waals surface area (Å²) >= 11 is 0. The first kappa shape index (κ1) is 71.3. The molecule has 5 aromatic rings. The molecule has 0 fully saturated rings. The zero-order valence-electron chi connectivity index (χ0n) is 51.6. The number of aromatic nitrogens is 4. The van der Waals surface area contributed by atoms with Gasteiger partial charge in [-0.15, -0.1) is 0 Å². The molecule has 27 heteroatoms. The number of carbonyl (C=O) groups is 9. The van der Waals surface area contributed by atoms with Gasteiger partial charge >= 0.3 is 0 Å². The van der Waals surface area contributed by atoms with E-state index < -0.39 is 113 Å². The molecular formula is C63H90N18O9. The highest BCUT2D eigenvalue weighted by atomic mass is 16.2. The Bertz CT molecular complexity index is 3080. The second-order valence-corrected chi connectivity index (χ2v) is 22.5. The van der Waals surface area contributed by atoms with E-state index in [1.54, 1.807) is 81.4 Å². The summed E-state index contributed by atoms with van der Waals surface area (Å²) < 4.78 is 0. The SMILES string of the molecule is CC[C@H](C)[C@H](NC(=O)[C@H](Cc1ccccc1)NC(=O)[C@H](Cc1cnc[nH]1)NC(=O)[C@H](CCCCN)NC(=O)[C@@H](NC(=O)[C@@H](N)Cc1ccccc1)[C@@H](C)CC)C(=O)N[C@@H](Cc1cnc[nH]1)C(=O)N[C@@H](CCCN=C(N)N)C(=O)N[C@@H](Cc1ccccc1)C(N)=O. The number of primary amides is 1.